The number of aromatic nitrogens is 2. The van der Waals surface area contributed by atoms with E-state index < -0.39 is 0 Å². The van der Waals surface area contributed by atoms with Gasteiger partial charge in [0.1, 0.15) is 0 Å². The van der Waals surface area contributed by atoms with Crippen LogP contribution in [0, 0.1) is 5.92 Å². The summed E-state index contributed by atoms with van der Waals surface area (Å²) < 4.78 is 8.22. The van der Waals surface area contributed by atoms with Crippen LogP contribution in [0.25, 0.3) is 10.9 Å². The van der Waals surface area contributed by atoms with Crippen molar-refractivity contribution in [3.63, 3.8) is 0 Å². The highest BCUT2D eigenvalue weighted by atomic mass is 16.5. The summed E-state index contributed by atoms with van der Waals surface area (Å²) in [7, 11) is 4.10. The second-order valence-electron chi connectivity index (χ2n) is 9.49. The van der Waals surface area contributed by atoms with Crippen LogP contribution in [0.1, 0.15) is 29.8 Å². The summed E-state index contributed by atoms with van der Waals surface area (Å²) >= 11 is 0. The van der Waals surface area contributed by atoms with E-state index in [2.05, 4.69) is 21.9 Å². The zero-order valence-corrected chi connectivity index (χ0v) is 18.2. The van der Waals surface area contributed by atoms with Gasteiger partial charge in [-0.1, -0.05) is 18.2 Å². The van der Waals surface area contributed by atoms with Gasteiger partial charge in [-0.05, 0) is 38.3 Å². The fourth-order valence-electron chi connectivity index (χ4n) is 5.53. The number of likely N-dealkylation sites (tertiary alicyclic amines) is 1. The number of rotatable bonds is 3. The van der Waals surface area contributed by atoms with E-state index in [1.165, 1.54) is 0 Å². The van der Waals surface area contributed by atoms with Gasteiger partial charge >= 0.3 is 0 Å². The average molecular weight is 412 g/mol. The molecule has 1 aromatic carbocycles. The Labute approximate surface area is 178 Å². The Morgan fingerprint density at radius 3 is 2.80 bits per heavy atom. The first-order valence-corrected chi connectivity index (χ1v) is 11.3. The standard InChI is InChI=1S/C23H33N5O2/c1-25-10-12-27(13-11-25)15-18-14-23(30-16-18)8-5-9-28(17-23)22(29)21-19-6-3-4-7-20(19)26(2)24-21/h3-4,6-7,18H,5,8-17H2,1-2H3. The number of piperazine rings is 1. The summed E-state index contributed by atoms with van der Waals surface area (Å²) in [6.07, 6.45) is 3.11. The smallest absolute Gasteiger partial charge is 0.275 e. The van der Waals surface area contributed by atoms with E-state index in [0.29, 0.717) is 18.2 Å². The number of carbonyl (C=O) groups excluding carboxylic acids is 1. The van der Waals surface area contributed by atoms with Crippen LogP contribution in [0.2, 0.25) is 0 Å². The molecule has 7 heteroatoms. The Hall–Kier alpha value is -1.96. The number of carbonyl (C=O) groups is 1. The fourth-order valence-corrected chi connectivity index (χ4v) is 5.53. The molecule has 30 heavy (non-hydrogen) atoms. The van der Waals surface area contributed by atoms with Crippen LogP contribution in [0.3, 0.4) is 0 Å². The summed E-state index contributed by atoms with van der Waals surface area (Å²) in [5, 5.41) is 5.49. The number of para-hydroxylation sites is 1. The summed E-state index contributed by atoms with van der Waals surface area (Å²) in [6, 6.07) is 7.97. The number of fused-ring (bicyclic) bond motifs is 1. The van der Waals surface area contributed by atoms with E-state index >= 15 is 0 Å². The van der Waals surface area contributed by atoms with Gasteiger partial charge in [0, 0.05) is 51.7 Å². The third-order valence-electron chi connectivity index (χ3n) is 7.19. The first kappa shape index (κ1) is 20.0. The second kappa shape index (κ2) is 7.94. The lowest BCUT2D eigenvalue weighted by molar-refractivity contribution is -0.0451. The number of likely N-dealkylation sites (N-methyl/N-ethyl adjacent to an activating group) is 1. The number of piperidine rings is 1. The van der Waals surface area contributed by atoms with E-state index in [1.54, 1.807) is 4.68 Å². The Balaban J connectivity index is 1.26. The number of nitrogens with zero attached hydrogens (tertiary/aromatic N) is 5. The minimum atomic E-state index is -0.171. The number of benzene rings is 1. The molecule has 3 aliphatic heterocycles. The largest absolute Gasteiger partial charge is 0.373 e. The molecular weight excluding hydrogens is 378 g/mol. The average Bonchev–Trinajstić information content (AvgIpc) is 3.30. The van der Waals surface area contributed by atoms with Crippen LogP contribution in [0.4, 0.5) is 0 Å². The van der Waals surface area contributed by atoms with E-state index in [-0.39, 0.29) is 11.5 Å². The SMILES string of the molecule is CN1CCN(CC2COC3(CCCN(C(=O)c4nn(C)c5ccccc45)C3)C2)CC1. The molecule has 0 saturated carbocycles. The molecule has 1 aromatic heterocycles. The van der Waals surface area contributed by atoms with Crippen molar-refractivity contribution in [3.8, 4) is 0 Å². The van der Waals surface area contributed by atoms with Crippen LogP contribution in [0.15, 0.2) is 24.3 Å². The Kier molecular flexibility index (Phi) is 5.29. The van der Waals surface area contributed by atoms with Crippen molar-refractivity contribution in [2.24, 2.45) is 13.0 Å². The predicted molar refractivity (Wildman–Crippen MR) is 117 cm³/mol. The molecule has 3 saturated heterocycles. The van der Waals surface area contributed by atoms with Crippen LogP contribution in [-0.2, 0) is 11.8 Å². The Morgan fingerprint density at radius 2 is 1.97 bits per heavy atom. The zero-order valence-electron chi connectivity index (χ0n) is 18.2. The van der Waals surface area contributed by atoms with Crippen LogP contribution < -0.4 is 0 Å². The van der Waals surface area contributed by atoms with Gasteiger partial charge in [0.05, 0.1) is 24.3 Å². The predicted octanol–water partition coefficient (Wildman–Crippen LogP) is 1.83. The zero-order chi connectivity index (χ0) is 20.7. The van der Waals surface area contributed by atoms with Gasteiger partial charge < -0.3 is 19.4 Å². The van der Waals surface area contributed by atoms with Crippen LogP contribution in [0.5, 0.6) is 0 Å². The van der Waals surface area contributed by atoms with Gasteiger partial charge in [-0.3, -0.25) is 9.48 Å². The molecule has 2 aromatic rings. The van der Waals surface area contributed by atoms with Crippen LogP contribution >= 0.6 is 0 Å². The molecule has 7 nitrogen and oxygen atoms in total. The molecule has 1 spiro atoms. The monoisotopic (exact) mass is 411 g/mol. The molecule has 0 N–H and O–H groups in total. The van der Waals surface area contributed by atoms with Crippen molar-refractivity contribution in [1.82, 2.24) is 24.5 Å². The van der Waals surface area contributed by atoms with Gasteiger partial charge in [-0.15, -0.1) is 0 Å². The third kappa shape index (κ3) is 3.74. The molecule has 162 valence electrons. The second-order valence-corrected chi connectivity index (χ2v) is 9.49. The van der Waals surface area contributed by atoms with Crippen molar-refractivity contribution in [2.45, 2.75) is 24.9 Å². The van der Waals surface area contributed by atoms with Gasteiger partial charge in [-0.25, -0.2) is 0 Å². The summed E-state index contributed by atoms with van der Waals surface area (Å²) in [4.78, 5) is 20.3. The molecule has 4 heterocycles. The van der Waals surface area contributed by atoms with E-state index in [4.69, 9.17) is 4.74 Å². The Bertz CT molecular complexity index is 919. The van der Waals surface area contributed by atoms with Gasteiger partial charge in [-0.2, -0.15) is 5.10 Å². The number of amides is 1. The maximum Gasteiger partial charge on any atom is 0.275 e. The van der Waals surface area contributed by atoms with Crippen molar-refractivity contribution in [3.05, 3.63) is 30.0 Å². The first-order chi connectivity index (χ1) is 14.5. The maximum absolute atomic E-state index is 13.4. The quantitative estimate of drug-likeness (QED) is 0.771. The Morgan fingerprint density at radius 1 is 1.17 bits per heavy atom. The van der Waals surface area contributed by atoms with Crippen molar-refractivity contribution < 1.29 is 9.53 Å². The fraction of sp³-hybridized carbons (Fsp3) is 0.652. The molecule has 0 radical (unpaired) electrons. The van der Waals surface area contributed by atoms with Gasteiger partial charge in [0.15, 0.2) is 5.69 Å². The topological polar surface area (TPSA) is 53.8 Å². The van der Waals surface area contributed by atoms with Crippen molar-refractivity contribution >= 4 is 16.8 Å². The number of ether oxygens (including phenoxy) is 1. The molecule has 0 bridgehead atoms. The molecule has 5 rings (SSSR count). The summed E-state index contributed by atoms with van der Waals surface area (Å²) in [6.45, 7) is 8.02. The lowest BCUT2D eigenvalue weighted by Gasteiger charge is -2.40. The molecule has 0 aliphatic carbocycles. The highest BCUT2D eigenvalue weighted by Gasteiger charge is 2.45. The number of hydrogen-bond acceptors (Lipinski definition) is 5. The maximum atomic E-state index is 13.4. The van der Waals surface area contributed by atoms with Crippen molar-refractivity contribution in [1.29, 1.82) is 0 Å². The summed E-state index contributed by atoms with van der Waals surface area (Å²) in [5.74, 6) is 0.608. The van der Waals surface area contributed by atoms with Crippen LogP contribution in [-0.4, -0.2) is 95.5 Å². The first-order valence-electron chi connectivity index (χ1n) is 11.3. The molecule has 1 amide bonds. The van der Waals surface area contributed by atoms with E-state index in [0.717, 1.165) is 76.0 Å². The lowest BCUT2D eigenvalue weighted by Crippen LogP contribution is -2.50. The third-order valence-corrected chi connectivity index (χ3v) is 7.19. The molecule has 2 unspecified atom stereocenters. The molecule has 3 aliphatic rings. The van der Waals surface area contributed by atoms with Gasteiger partial charge in [0.2, 0.25) is 0 Å². The lowest BCUT2D eigenvalue weighted by atomic mass is 9.86. The number of aryl methyl sites for hydroxylation is 1. The minimum Gasteiger partial charge on any atom is -0.373 e. The summed E-state index contributed by atoms with van der Waals surface area (Å²) in [5.41, 5.74) is 1.39. The molecule has 2 atom stereocenters. The van der Waals surface area contributed by atoms with E-state index in [1.807, 2.05) is 36.2 Å². The highest BCUT2D eigenvalue weighted by Crippen LogP contribution is 2.38. The molecule has 3 fully saturated rings. The normalized spacial score (nSPS) is 28.6. The molecular formula is C23H33N5O2. The minimum absolute atomic E-state index is 0.0389. The number of hydrogen-bond donors (Lipinski definition) is 0. The van der Waals surface area contributed by atoms with Gasteiger partial charge in [0.25, 0.3) is 5.91 Å². The highest BCUT2D eigenvalue weighted by molar-refractivity contribution is 6.04. The van der Waals surface area contributed by atoms with E-state index in [9.17, 15) is 4.79 Å². The van der Waals surface area contributed by atoms with Crippen molar-refractivity contribution in [2.75, 3.05) is 59.5 Å².